The second kappa shape index (κ2) is 3.97. The van der Waals surface area contributed by atoms with Gasteiger partial charge in [0.2, 0.25) is 5.91 Å². The summed E-state index contributed by atoms with van der Waals surface area (Å²) in [5.74, 6) is -1.63. The number of piperidine rings is 1. The van der Waals surface area contributed by atoms with Gasteiger partial charge in [0.15, 0.2) is 0 Å². The SMILES string of the molecule is CC1(C)CCCN(C(=O)[C@H]2[C@@H](C(=O)O)C2(C)C)C1. The van der Waals surface area contributed by atoms with Crippen LogP contribution in [0.5, 0.6) is 0 Å². The van der Waals surface area contributed by atoms with Crippen LogP contribution in [-0.2, 0) is 9.59 Å². The van der Waals surface area contributed by atoms with Gasteiger partial charge in [0.25, 0.3) is 0 Å². The fourth-order valence-corrected chi connectivity index (χ4v) is 3.37. The molecule has 2 atom stereocenters. The highest BCUT2D eigenvalue weighted by Crippen LogP contribution is 2.59. The smallest absolute Gasteiger partial charge is 0.307 e. The molecule has 18 heavy (non-hydrogen) atoms. The van der Waals surface area contributed by atoms with Crippen LogP contribution in [0.2, 0.25) is 0 Å². The van der Waals surface area contributed by atoms with Crippen LogP contribution >= 0.6 is 0 Å². The molecule has 2 rings (SSSR count). The van der Waals surface area contributed by atoms with E-state index in [9.17, 15) is 9.59 Å². The minimum absolute atomic E-state index is 0.0418. The molecule has 1 aliphatic heterocycles. The number of hydrogen-bond donors (Lipinski definition) is 1. The zero-order valence-electron chi connectivity index (χ0n) is 11.7. The standard InChI is InChI=1S/C14H23NO3/c1-13(2)6-5-7-15(8-13)11(16)9-10(12(17)18)14(9,3)4/h9-10H,5-8H2,1-4H3,(H,17,18)/t9-,10+/m1/s1. The first-order chi connectivity index (χ1) is 8.17. The van der Waals surface area contributed by atoms with Crippen LogP contribution in [0.15, 0.2) is 0 Å². The van der Waals surface area contributed by atoms with Gasteiger partial charge in [-0.1, -0.05) is 27.7 Å². The molecule has 0 aromatic heterocycles. The molecular formula is C14H23NO3. The third kappa shape index (κ3) is 2.13. The number of aliphatic carboxylic acids is 1. The summed E-state index contributed by atoms with van der Waals surface area (Å²) < 4.78 is 0. The lowest BCUT2D eigenvalue weighted by molar-refractivity contribution is -0.143. The monoisotopic (exact) mass is 253 g/mol. The highest BCUT2D eigenvalue weighted by atomic mass is 16.4. The van der Waals surface area contributed by atoms with E-state index in [-0.39, 0.29) is 22.7 Å². The Labute approximate surface area is 108 Å². The fraction of sp³-hybridized carbons (Fsp3) is 0.857. The summed E-state index contributed by atoms with van der Waals surface area (Å²) >= 11 is 0. The van der Waals surface area contributed by atoms with Gasteiger partial charge in [-0.25, -0.2) is 0 Å². The molecule has 4 heteroatoms. The van der Waals surface area contributed by atoms with Crippen molar-refractivity contribution in [3.05, 3.63) is 0 Å². The van der Waals surface area contributed by atoms with Crippen molar-refractivity contribution in [2.24, 2.45) is 22.7 Å². The summed E-state index contributed by atoms with van der Waals surface area (Å²) in [5.41, 5.74) is -0.226. The van der Waals surface area contributed by atoms with Gasteiger partial charge in [-0.05, 0) is 23.7 Å². The number of hydrogen-bond acceptors (Lipinski definition) is 2. The molecule has 1 saturated heterocycles. The molecule has 0 unspecified atom stereocenters. The van der Waals surface area contributed by atoms with Crippen molar-refractivity contribution < 1.29 is 14.7 Å². The van der Waals surface area contributed by atoms with E-state index in [0.29, 0.717) is 0 Å². The van der Waals surface area contributed by atoms with Gasteiger partial charge >= 0.3 is 5.97 Å². The Morgan fingerprint density at radius 2 is 1.78 bits per heavy atom. The molecule has 2 fully saturated rings. The zero-order valence-corrected chi connectivity index (χ0v) is 11.7. The number of carbonyl (C=O) groups is 2. The van der Waals surface area contributed by atoms with Crippen molar-refractivity contribution >= 4 is 11.9 Å². The second-order valence-electron chi connectivity index (χ2n) is 7.14. The third-order valence-corrected chi connectivity index (χ3v) is 4.57. The van der Waals surface area contributed by atoms with E-state index in [2.05, 4.69) is 13.8 Å². The number of carbonyl (C=O) groups excluding carboxylic acids is 1. The van der Waals surface area contributed by atoms with Crippen LogP contribution in [0.4, 0.5) is 0 Å². The van der Waals surface area contributed by atoms with E-state index < -0.39 is 11.9 Å². The third-order valence-electron chi connectivity index (χ3n) is 4.57. The Kier molecular flexibility index (Phi) is 2.95. The van der Waals surface area contributed by atoms with Crippen molar-refractivity contribution in [2.45, 2.75) is 40.5 Å². The molecule has 1 amide bonds. The Bertz CT molecular complexity index is 387. The zero-order chi connectivity index (χ0) is 13.7. The van der Waals surface area contributed by atoms with Crippen LogP contribution in [0.3, 0.4) is 0 Å². The number of amides is 1. The lowest BCUT2D eigenvalue weighted by atomic mass is 9.84. The predicted molar refractivity (Wildman–Crippen MR) is 68.0 cm³/mol. The number of carboxylic acid groups (broad SMARTS) is 1. The van der Waals surface area contributed by atoms with E-state index in [4.69, 9.17) is 5.11 Å². The molecule has 1 N–H and O–H groups in total. The molecule has 1 heterocycles. The van der Waals surface area contributed by atoms with Gasteiger partial charge < -0.3 is 10.0 Å². The van der Waals surface area contributed by atoms with Crippen molar-refractivity contribution in [1.82, 2.24) is 4.90 Å². The van der Waals surface area contributed by atoms with Crippen molar-refractivity contribution in [3.8, 4) is 0 Å². The number of nitrogens with zero attached hydrogens (tertiary/aromatic N) is 1. The normalized spacial score (nSPS) is 33.0. The highest BCUT2D eigenvalue weighted by molar-refractivity contribution is 5.91. The maximum Gasteiger partial charge on any atom is 0.307 e. The fourth-order valence-electron chi connectivity index (χ4n) is 3.37. The van der Waals surface area contributed by atoms with Gasteiger partial charge in [-0.2, -0.15) is 0 Å². The molecule has 2 aliphatic rings. The van der Waals surface area contributed by atoms with Crippen molar-refractivity contribution in [2.75, 3.05) is 13.1 Å². The topological polar surface area (TPSA) is 57.6 Å². The van der Waals surface area contributed by atoms with E-state index >= 15 is 0 Å². The first kappa shape index (κ1) is 13.4. The van der Waals surface area contributed by atoms with Crippen molar-refractivity contribution in [1.29, 1.82) is 0 Å². The first-order valence-electron chi connectivity index (χ1n) is 6.68. The minimum Gasteiger partial charge on any atom is -0.481 e. The summed E-state index contributed by atoms with van der Waals surface area (Å²) in [4.78, 5) is 25.4. The number of carboxylic acids is 1. The summed E-state index contributed by atoms with van der Waals surface area (Å²) in [5, 5.41) is 9.14. The largest absolute Gasteiger partial charge is 0.481 e. The number of likely N-dealkylation sites (tertiary alicyclic amines) is 1. The highest BCUT2D eigenvalue weighted by Gasteiger charge is 2.66. The lowest BCUT2D eigenvalue weighted by Crippen LogP contribution is -2.44. The molecular weight excluding hydrogens is 230 g/mol. The summed E-state index contributed by atoms with van der Waals surface area (Å²) in [6, 6.07) is 0. The lowest BCUT2D eigenvalue weighted by Gasteiger charge is -2.38. The first-order valence-corrected chi connectivity index (χ1v) is 6.68. The molecule has 1 saturated carbocycles. The summed E-state index contributed by atoms with van der Waals surface area (Å²) in [6.45, 7) is 9.62. The second-order valence-corrected chi connectivity index (χ2v) is 7.14. The summed E-state index contributed by atoms with van der Waals surface area (Å²) in [6.07, 6.45) is 2.15. The Balaban J connectivity index is 2.07. The van der Waals surface area contributed by atoms with Gasteiger partial charge in [-0.15, -0.1) is 0 Å². The van der Waals surface area contributed by atoms with Gasteiger partial charge in [-0.3, -0.25) is 9.59 Å². The molecule has 4 nitrogen and oxygen atoms in total. The van der Waals surface area contributed by atoms with Crippen LogP contribution in [0, 0.1) is 22.7 Å². The van der Waals surface area contributed by atoms with Gasteiger partial charge in [0, 0.05) is 13.1 Å². The Morgan fingerprint density at radius 3 is 2.22 bits per heavy atom. The molecule has 1 aliphatic carbocycles. The van der Waals surface area contributed by atoms with Gasteiger partial charge in [0.05, 0.1) is 11.8 Å². The Hall–Kier alpha value is -1.06. The molecule has 0 aromatic carbocycles. The van der Waals surface area contributed by atoms with Crippen LogP contribution < -0.4 is 0 Å². The van der Waals surface area contributed by atoms with E-state index in [1.807, 2.05) is 18.7 Å². The quantitative estimate of drug-likeness (QED) is 0.818. The number of rotatable bonds is 2. The van der Waals surface area contributed by atoms with E-state index in [1.54, 1.807) is 0 Å². The summed E-state index contributed by atoms with van der Waals surface area (Å²) in [7, 11) is 0. The van der Waals surface area contributed by atoms with Crippen LogP contribution in [0.1, 0.15) is 40.5 Å². The molecule has 0 spiro atoms. The maximum absolute atomic E-state index is 12.4. The average molecular weight is 253 g/mol. The molecule has 102 valence electrons. The van der Waals surface area contributed by atoms with Crippen molar-refractivity contribution in [3.63, 3.8) is 0 Å². The predicted octanol–water partition coefficient (Wildman–Crippen LogP) is 1.99. The van der Waals surface area contributed by atoms with Gasteiger partial charge in [0.1, 0.15) is 0 Å². The van der Waals surface area contributed by atoms with Crippen LogP contribution in [-0.4, -0.2) is 35.0 Å². The average Bonchev–Trinajstić information content (AvgIpc) is 2.79. The molecule has 0 radical (unpaired) electrons. The minimum atomic E-state index is -0.838. The Morgan fingerprint density at radius 1 is 1.17 bits per heavy atom. The van der Waals surface area contributed by atoms with Crippen LogP contribution in [0.25, 0.3) is 0 Å². The van der Waals surface area contributed by atoms with E-state index in [1.165, 1.54) is 0 Å². The van der Waals surface area contributed by atoms with E-state index in [0.717, 1.165) is 25.9 Å². The molecule has 0 aromatic rings. The maximum atomic E-state index is 12.4. The molecule has 0 bridgehead atoms.